The third-order valence-corrected chi connectivity index (χ3v) is 5.77. The van der Waals surface area contributed by atoms with Crippen LogP contribution in [0.25, 0.3) is 11.2 Å². The number of rotatable bonds is 2. The SMILES string of the molecule is CC12CCC(C1)C(C)(C)C2Nc1ncnc2nc[nH]c12. The molecule has 0 amide bonds. The van der Waals surface area contributed by atoms with E-state index in [1.165, 1.54) is 19.3 Å². The highest BCUT2D eigenvalue weighted by molar-refractivity contribution is 5.82. The van der Waals surface area contributed by atoms with Crippen LogP contribution in [-0.4, -0.2) is 26.0 Å². The minimum Gasteiger partial charge on any atom is -0.364 e. The zero-order valence-electron chi connectivity index (χ0n) is 12.3. The van der Waals surface area contributed by atoms with Gasteiger partial charge in [-0.25, -0.2) is 15.0 Å². The second kappa shape index (κ2) is 3.71. The highest BCUT2D eigenvalue weighted by Gasteiger charge is 2.59. The molecule has 2 saturated carbocycles. The topological polar surface area (TPSA) is 66.5 Å². The Kier molecular flexibility index (Phi) is 2.25. The van der Waals surface area contributed by atoms with E-state index in [1.807, 2.05) is 0 Å². The van der Waals surface area contributed by atoms with Gasteiger partial charge in [0.15, 0.2) is 11.5 Å². The molecule has 2 bridgehead atoms. The summed E-state index contributed by atoms with van der Waals surface area (Å²) < 4.78 is 0. The molecule has 2 aliphatic carbocycles. The van der Waals surface area contributed by atoms with Crippen LogP contribution in [0.3, 0.4) is 0 Å². The Morgan fingerprint density at radius 3 is 2.85 bits per heavy atom. The largest absolute Gasteiger partial charge is 0.364 e. The molecule has 3 atom stereocenters. The van der Waals surface area contributed by atoms with Crippen molar-refractivity contribution in [3.8, 4) is 0 Å². The molecule has 106 valence electrons. The maximum absolute atomic E-state index is 4.43. The number of anilines is 1. The van der Waals surface area contributed by atoms with Crippen LogP contribution in [0.1, 0.15) is 40.0 Å². The Morgan fingerprint density at radius 2 is 2.10 bits per heavy atom. The number of H-pyrrole nitrogens is 1. The fraction of sp³-hybridized carbons (Fsp3) is 0.667. The van der Waals surface area contributed by atoms with Crippen LogP contribution in [0.2, 0.25) is 0 Å². The van der Waals surface area contributed by atoms with Crippen LogP contribution in [-0.2, 0) is 0 Å². The van der Waals surface area contributed by atoms with Crippen molar-refractivity contribution in [3.05, 3.63) is 12.7 Å². The van der Waals surface area contributed by atoms with E-state index in [2.05, 4.69) is 46.0 Å². The summed E-state index contributed by atoms with van der Waals surface area (Å²) in [6, 6.07) is 0.454. The lowest BCUT2D eigenvalue weighted by molar-refractivity contribution is 0.155. The number of hydrogen-bond acceptors (Lipinski definition) is 4. The van der Waals surface area contributed by atoms with Gasteiger partial charge in [0.2, 0.25) is 0 Å². The van der Waals surface area contributed by atoms with Crippen LogP contribution >= 0.6 is 0 Å². The Balaban J connectivity index is 1.74. The molecule has 5 nitrogen and oxygen atoms in total. The van der Waals surface area contributed by atoms with Gasteiger partial charge in [-0.3, -0.25) is 0 Å². The third kappa shape index (κ3) is 1.46. The van der Waals surface area contributed by atoms with Crippen LogP contribution in [0.15, 0.2) is 12.7 Å². The first-order valence-electron chi connectivity index (χ1n) is 7.41. The summed E-state index contributed by atoms with van der Waals surface area (Å²) in [4.78, 5) is 16.0. The minimum absolute atomic E-state index is 0.310. The molecule has 3 unspecified atom stereocenters. The fourth-order valence-electron chi connectivity index (χ4n) is 4.67. The lowest BCUT2D eigenvalue weighted by Crippen LogP contribution is -2.46. The summed E-state index contributed by atoms with van der Waals surface area (Å²) in [6.45, 7) is 7.21. The molecule has 0 radical (unpaired) electrons. The van der Waals surface area contributed by atoms with Gasteiger partial charge in [0, 0.05) is 6.04 Å². The molecule has 2 aromatic rings. The number of aromatic amines is 1. The van der Waals surface area contributed by atoms with Crippen molar-refractivity contribution in [1.82, 2.24) is 19.9 Å². The first kappa shape index (κ1) is 12.1. The lowest BCUT2D eigenvalue weighted by Gasteiger charge is -2.43. The van der Waals surface area contributed by atoms with E-state index in [1.54, 1.807) is 12.7 Å². The van der Waals surface area contributed by atoms with Crippen LogP contribution in [0.4, 0.5) is 5.82 Å². The normalized spacial score (nSPS) is 34.8. The molecule has 4 rings (SSSR count). The van der Waals surface area contributed by atoms with Gasteiger partial charge in [0.1, 0.15) is 11.8 Å². The second-order valence-corrected chi connectivity index (χ2v) is 7.32. The molecule has 0 saturated heterocycles. The van der Waals surface area contributed by atoms with E-state index < -0.39 is 0 Å². The molecule has 2 aromatic heterocycles. The van der Waals surface area contributed by atoms with Gasteiger partial charge in [-0.2, -0.15) is 0 Å². The lowest BCUT2D eigenvalue weighted by atomic mass is 9.68. The van der Waals surface area contributed by atoms with Crippen molar-refractivity contribution in [2.45, 2.75) is 46.1 Å². The number of nitrogens with one attached hydrogen (secondary N) is 2. The molecule has 2 heterocycles. The molecule has 2 aliphatic rings. The van der Waals surface area contributed by atoms with E-state index >= 15 is 0 Å². The molecule has 0 spiro atoms. The Morgan fingerprint density at radius 1 is 1.25 bits per heavy atom. The van der Waals surface area contributed by atoms with Gasteiger partial charge in [-0.15, -0.1) is 0 Å². The smallest absolute Gasteiger partial charge is 0.182 e. The van der Waals surface area contributed by atoms with Crippen LogP contribution < -0.4 is 5.32 Å². The molecular formula is C15H21N5. The van der Waals surface area contributed by atoms with Crippen molar-refractivity contribution >= 4 is 17.0 Å². The average molecular weight is 271 g/mol. The van der Waals surface area contributed by atoms with Gasteiger partial charge in [-0.05, 0) is 36.0 Å². The standard InChI is InChI=1S/C15H21N5/c1-14(2)9-4-5-15(3,6-9)13(14)20-12-10-11(17-7-16-10)18-8-19-12/h7-9,13H,4-6H2,1-3H3,(H2,16,17,18,19,20). The summed E-state index contributed by atoms with van der Waals surface area (Å²) in [7, 11) is 0. The van der Waals surface area contributed by atoms with Crippen molar-refractivity contribution in [3.63, 3.8) is 0 Å². The monoisotopic (exact) mass is 271 g/mol. The summed E-state index contributed by atoms with van der Waals surface area (Å²) in [6.07, 6.45) is 7.28. The minimum atomic E-state index is 0.310. The van der Waals surface area contributed by atoms with Crippen molar-refractivity contribution in [2.24, 2.45) is 16.7 Å². The second-order valence-electron chi connectivity index (χ2n) is 7.32. The molecule has 2 fully saturated rings. The Labute approximate surface area is 118 Å². The molecule has 0 aliphatic heterocycles. The van der Waals surface area contributed by atoms with Gasteiger partial charge < -0.3 is 10.3 Å². The first-order chi connectivity index (χ1) is 9.51. The number of aromatic nitrogens is 4. The predicted molar refractivity (Wildman–Crippen MR) is 78.3 cm³/mol. The van der Waals surface area contributed by atoms with Crippen molar-refractivity contribution in [2.75, 3.05) is 5.32 Å². The van der Waals surface area contributed by atoms with E-state index in [-0.39, 0.29) is 0 Å². The Hall–Kier alpha value is -1.65. The maximum atomic E-state index is 4.43. The van der Waals surface area contributed by atoms with Crippen molar-refractivity contribution in [1.29, 1.82) is 0 Å². The molecule has 2 N–H and O–H groups in total. The first-order valence-corrected chi connectivity index (χ1v) is 7.41. The summed E-state index contributed by atoms with van der Waals surface area (Å²) >= 11 is 0. The molecule has 20 heavy (non-hydrogen) atoms. The fourth-order valence-corrected chi connectivity index (χ4v) is 4.67. The van der Waals surface area contributed by atoms with E-state index in [4.69, 9.17) is 0 Å². The number of fused-ring (bicyclic) bond motifs is 3. The predicted octanol–water partition coefficient (Wildman–Crippen LogP) is 2.98. The van der Waals surface area contributed by atoms with Gasteiger partial charge in [0.25, 0.3) is 0 Å². The van der Waals surface area contributed by atoms with E-state index in [0.29, 0.717) is 16.9 Å². The zero-order chi connectivity index (χ0) is 14.0. The van der Waals surface area contributed by atoms with Gasteiger partial charge in [0.05, 0.1) is 6.33 Å². The number of nitrogens with zero attached hydrogens (tertiary/aromatic N) is 3. The summed E-state index contributed by atoms with van der Waals surface area (Å²) in [5.41, 5.74) is 2.33. The molecular weight excluding hydrogens is 250 g/mol. The highest BCUT2D eigenvalue weighted by atomic mass is 15.1. The van der Waals surface area contributed by atoms with Crippen LogP contribution in [0, 0.1) is 16.7 Å². The zero-order valence-corrected chi connectivity index (χ0v) is 12.3. The van der Waals surface area contributed by atoms with E-state index in [0.717, 1.165) is 22.9 Å². The third-order valence-electron chi connectivity index (χ3n) is 5.77. The van der Waals surface area contributed by atoms with Gasteiger partial charge >= 0.3 is 0 Å². The quantitative estimate of drug-likeness (QED) is 0.881. The average Bonchev–Trinajstić information content (AvgIpc) is 3.05. The van der Waals surface area contributed by atoms with Gasteiger partial charge in [-0.1, -0.05) is 20.8 Å². The highest BCUT2D eigenvalue weighted by Crippen LogP contribution is 2.63. The van der Waals surface area contributed by atoms with E-state index in [9.17, 15) is 0 Å². The summed E-state index contributed by atoms with van der Waals surface area (Å²) in [5.74, 6) is 1.71. The van der Waals surface area contributed by atoms with Crippen molar-refractivity contribution < 1.29 is 0 Å². The Bertz CT molecular complexity index is 656. The molecule has 0 aromatic carbocycles. The maximum Gasteiger partial charge on any atom is 0.182 e. The molecule has 5 heteroatoms. The number of hydrogen-bond donors (Lipinski definition) is 2. The van der Waals surface area contributed by atoms with Crippen LogP contribution in [0.5, 0.6) is 0 Å². The number of imidazole rings is 1. The summed E-state index contributed by atoms with van der Waals surface area (Å²) in [5, 5.41) is 3.71.